The number of amides is 1. The zero-order chi connectivity index (χ0) is 14.4. The number of aromatic nitrogens is 2. The minimum atomic E-state index is -1.22. The molecule has 0 unspecified atom stereocenters. The van der Waals surface area contributed by atoms with E-state index in [-0.39, 0.29) is 6.54 Å². The Hall–Kier alpha value is -2.82. The second kappa shape index (κ2) is 6.20. The van der Waals surface area contributed by atoms with E-state index < -0.39 is 36.1 Å². The second-order valence-electron chi connectivity index (χ2n) is 3.58. The van der Waals surface area contributed by atoms with Gasteiger partial charge in [0.05, 0.1) is 6.54 Å². The van der Waals surface area contributed by atoms with Crippen molar-refractivity contribution in [3.05, 3.63) is 32.8 Å². The smallest absolute Gasteiger partial charge is 0.323 e. The van der Waals surface area contributed by atoms with Crippen molar-refractivity contribution in [2.45, 2.75) is 6.54 Å². The third-order valence-electron chi connectivity index (χ3n) is 2.14. The molecular weight excluding hydrogens is 254 g/mol. The highest BCUT2D eigenvalue weighted by Gasteiger charge is 2.16. The van der Waals surface area contributed by atoms with Gasteiger partial charge in [0.1, 0.15) is 13.1 Å². The first kappa shape index (κ1) is 14.2. The normalized spacial score (nSPS) is 9.63. The topological polar surface area (TPSA) is 112 Å². The number of aromatic amines is 1. The molecular formula is C11H11N3O5. The molecule has 0 spiro atoms. The Morgan fingerprint density at radius 3 is 2.68 bits per heavy atom. The fourth-order valence-electron chi connectivity index (χ4n) is 1.32. The zero-order valence-electron chi connectivity index (χ0n) is 9.83. The van der Waals surface area contributed by atoms with Gasteiger partial charge in [-0.3, -0.25) is 24.3 Å². The lowest BCUT2D eigenvalue weighted by molar-refractivity contribution is -0.144. The number of carbonyl (C=O) groups excluding carboxylic acids is 1. The predicted octanol–water partition coefficient (Wildman–Crippen LogP) is -1.92. The fourth-order valence-corrected chi connectivity index (χ4v) is 1.32. The van der Waals surface area contributed by atoms with Crippen molar-refractivity contribution in [2.75, 3.05) is 13.1 Å². The average Bonchev–Trinajstić information content (AvgIpc) is 2.32. The maximum absolute atomic E-state index is 11.8. The number of hydrogen-bond acceptors (Lipinski definition) is 4. The van der Waals surface area contributed by atoms with Crippen molar-refractivity contribution >= 4 is 11.9 Å². The molecule has 0 aliphatic carbocycles. The highest BCUT2D eigenvalue weighted by Crippen LogP contribution is 1.91. The third-order valence-corrected chi connectivity index (χ3v) is 2.14. The molecule has 0 aromatic carbocycles. The molecule has 8 nitrogen and oxygen atoms in total. The first-order valence-electron chi connectivity index (χ1n) is 5.17. The van der Waals surface area contributed by atoms with Crippen LogP contribution in [0.5, 0.6) is 0 Å². The van der Waals surface area contributed by atoms with Crippen molar-refractivity contribution in [2.24, 2.45) is 0 Å². The number of aliphatic carboxylic acids is 1. The van der Waals surface area contributed by atoms with Crippen molar-refractivity contribution in [1.82, 2.24) is 14.7 Å². The maximum atomic E-state index is 11.8. The lowest BCUT2D eigenvalue weighted by Crippen LogP contribution is -2.41. The van der Waals surface area contributed by atoms with Crippen LogP contribution in [-0.4, -0.2) is 44.8 Å². The number of nitrogens with one attached hydrogen (secondary N) is 1. The first-order chi connectivity index (χ1) is 8.93. The van der Waals surface area contributed by atoms with Gasteiger partial charge < -0.3 is 10.0 Å². The maximum Gasteiger partial charge on any atom is 0.323 e. The molecule has 0 saturated heterocycles. The van der Waals surface area contributed by atoms with Crippen LogP contribution in [0.3, 0.4) is 0 Å². The Balaban J connectivity index is 2.90. The molecule has 1 rings (SSSR count). The minimum Gasteiger partial charge on any atom is -0.480 e. The van der Waals surface area contributed by atoms with E-state index in [2.05, 4.69) is 11.0 Å². The van der Waals surface area contributed by atoms with Gasteiger partial charge in [-0.15, -0.1) is 6.42 Å². The third kappa shape index (κ3) is 4.16. The molecule has 0 bridgehead atoms. The molecule has 0 aliphatic heterocycles. The molecule has 0 aliphatic rings. The van der Waals surface area contributed by atoms with Gasteiger partial charge in [-0.1, -0.05) is 5.92 Å². The average molecular weight is 265 g/mol. The van der Waals surface area contributed by atoms with Crippen molar-refractivity contribution in [3.63, 3.8) is 0 Å². The van der Waals surface area contributed by atoms with Crippen molar-refractivity contribution in [3.8, 4) is 12.3 Å². The number of carboxylic acid groups (broad SMARTS) is 1. The lowest BCUT2D eigenvalue weighted by Gasteiger charge is -2.18. The Bertz CT molecular complexity index is 637. The van der Waals surface area contributed by atoms with E-state index in [4.69, 9.17) is 11.5 Å². The van der Waals surface area contributed by atoms with Gasteiger partial charge in [-0.05, 0) is 0 Å². The van der Waals surface area contributed by atoms with Gasteiger partial charge in [0.15, 0.2) is 0 Å². The summed E-state index contributed by atoms with van der Waals surface area (Å²) < 4.78 is 0.788. The lowest BCUT2D eigenvalue weighted by atomic mass is 10.4. The molecule has 1 amide bonds. The van der Waals surface area contributed by atoms with E-state index in [0.29, 0.717) is 0 Å². The van der Waals surface area contributed by atoms with E-state index in [1.807, 2.05) is 0 Å². The van der Waals surface area contributed by atoms with Crippen LogP contribution in [0.4, 0.5) is 0 Å². The highest BCUT2D eigenvalue weighted by atomic mass is 16.4. The first-order valence-corrected chi connectivity index (χ1v) is 5.17. The van der Waals surface area contributed by atoms with Crippen LogP contribution in [0, 0.1) is 12.3 Å². The van der Waals surface area contributed by atoms with Crippen LogP contribution in [0.15, 0.2) is 21.7 Å². The Labute approximate surface area is 107 Å². The number of carbonyl (C=O) groups is 2. The Morgan fingerprint density at radius 1 is 1.42 bits per heavy atom. The van der Waals surface area contributed by atoms with Crippen molar-refractivity contribution in [1.29, 1.82) is 0 Å². The number of nitrogens with zero attached hydrogens (tertiary/aromatic N) is 2. The standard InChI is InChI=1S/C11H11N3O5/c1-2-5-13(7-11(18)19)10(17)6-14-9(16)4-3-8(15)12-14/h1,3-4H,5-7H2,(H,12,15)(H,18,19). The van der Waals surface area contributed by atoms with Crippen molar-refractivity contribution < 1.29 is 14.7 Å². The molecule has 0 radical (unpaired) electrons. The molecule has 19 heavy (non-hydrogen) atoms. The summed E-state index contributed by atoms with van der Waals surface area (Å²) in [6.07, 6.45) is 5.03. The quantitative estimate of drug-likeness (QED) is 0.603. The van der Waals surface area contributed by atoms with E-state index >= 15 is 0 Å². The van der Waals surface area contributed by atoms with Crippen LogP contribution in [-0.2, 0) is 16.1 Å². The molecule has 2 N–H and O–H groups in total. The van der Waals surface area contributed by atoms with E-state index in [1.165, 1.54) is 0 Å². The molecule has 0 saturated carbocycles. The van der Waals surface area contributed by atoms with Crippen LogP contribution in [0.2, 0.25) is 0 Å². The number of carboxylic acids is 1. The summed E-state index contributed by atoms with van der Waals surface area (Å²) in [5, 5.41) is 10.8. The monoisotopic (exact) mass is 265 g/mol. The molecule has 8 heteroatoms. The van der Waals surface area contributed by atoms with Gasteiger partial charge in [-0.25, -0.2) is 4.68 Å². The van der Waals surface area contributed by atoms with Gasteiger partial charge in [0.2, 0.25) is 5.91 Å². The summed E-state index contributed by atoms with van der Waals surface area (Å²) in [6, 6.07) is 2.04. The molecule has 1 heterocycles. The summed E-state index contributed by atoms with van der Waals surface area (Å²) >= 11 is 0. The fraction of sp³-hybridized carbons (Fsp3) is 0.273. The Kier molecular flexibility index (Phi) is 4.65. The molecule has 0 fully saturated rings. The van der Waals surface area contributed by atoms with Crippen LogP contribution < -0.4 is 11.1 Å². The number of terminal acetylenes is 1. The Morgan fingerprint density at radius 2 is 2.11 bits per heavy atom. The molecule has 1 aromatic heterocycles. The number of H-pyrrole nitrogens is 1. The summed E-state index contributed by atoms with van der Waals surface area (Å²) in [4.78, 5) is 45.7. The number of hydrogen-bond donors (Lipinski definition) is 2. The second-order valence-corrected chi connectivity index (χ2v) is 3.58. The summed E-state index contributed by atoms with van der Waals surface area (Å²) in [6.45, 7) is -1.25. The predicted molar refractivity (Wildman–Crippen MR) is 64.4 cm³/mol. The van der Waals surface area contributed by atoms with Gasteiger partial charge in [-0.2, -0.15) is 0 Å². The van der Waals surface area contributed by atoms with E-state index in [1.54, 1.807) is 0 Å². The van der Waals surface area contributed by atoms with Gasteiger partial charge in [0, 0.05) is 12.1 Å². The SMILES string of the molecule is C#CCN(CC(=O)O)C(=O)Cn1[nH]c(=O)ccc1=O. The van der Waals surface area contributed by atoms with E-state index in [9.17, 15) is 19.2 Å². The summed E-state index contributed by atoms with van der Waals surface area (Å²) in [5.74, 6) is 0.247. The summed E-state index contributed by atoms with van der Waals surface area (Å²) in [5.41, 5.74) is -1.13. The largest absolute Gasteiger partial charge is 0.480 e. The van der Waals surface area contributed by atoms with Gasteiger partial charge >= 0.3 is 5.97 Å². The number of rotatable bonds is 5. The molecule has 1 aromatic rings. The molecule has 100 valence electrons. The van der Waals surface area contributed by atoms with E-state index in [0.717, 1.165) is 21.7 Å². The molecule has 0 atom stereocenters. The van der Waals surface area contributed by atoms with Crippen LogP contribution in [0.25, 0.3) is 0 Å². The summed E-state index contributed by atoms with van der Waals surface area (Å²) in [7, 11) is 0. The van der Waals surface area contributed by atoms with Crippen LogP contribution >= 0.6 is 0 Å². The minimum absolute atomic E-state index is 0.197. The van der Waals surface area contributed by atoms with Crippen LogP contribution in [0.1, 0.15) is 0 Å². The highest BCUT2D eigenvalue weighted by molar-refractivity contribution is 5.81. The zero-order valence-corrected chi connectivity index (χ0v) is 9.83. The van der Waals surface area contributed by atoms with Gasteiger partial charge in [0.25, 0.3) is 11.1 Å².